The highest BCUT2D eigenvalue weighted by molar-refractivity contribution is 7.99. The summed E-state index contributed by atoms with van der Waals surface area (Å²) in [6.45, 7) is 0. The molecule has 4 nitrogen and oxygen atoms in total. The Morgan fingerprint density at radius 2 is 1.73 bits per heavy atom. The SMILES string of the molecule is O=C1C2C(C(=O)N1c1ccccc1)C(c1cccc(Cl)c1)N1CSCC21. The molecule has 3 saturated heterocycles. The zero-order valence-corrected chi connectivity index (χ0v) is 15.5. The van der Waals surface area contributed by atoms with E-state index in [-0.39, 0.29) is 35.7 Å². The Labute approximate surface area is 161 Å². The molecule has 3 fully saturated rings. The van der Waals surface area contributed by atoms with Crippen LogP contribution in [0.1, 0.15) is 11.6 Å². The second kappa shape index (κ2) is 6.12. The first-order valence-electron chi connectivity index (χ1n) is 8.68. The van der Waals surface area contributed by atoms with Gasteiger partial charge in [-0.1, -0.05) is 41.9 Å². The largest absolute Gasteiger partial charge is 0.282 e. The number of carbonyl (C=O) groups is 2. The van der Waals surface area contributed by atoms with E-state index in [1.807, 2.05) is 66.4 Å². The van der Waals surface area contributed by atoms with Crippen LogP contribution in [0.3, 0.4) is 0 Å². The van der Waals surface area contributed by atoms with Crippen LogP contribution in [0.2, 0.25) is 5.02 Å². The quantitative estimate of drug-likeness (QED) is 0.742. The van der Waals surface area contributed by atoms with E-state index in [4.69, 9.17) is 11.6 Å². The predicted molar refractivity (Wildman–Crippen MR) is 103 cm³/mol. The molecule has 0 saturated carbocycles. The normalized spacial score (nSPS) is 30.7. The first-order chi connectivity index (χ1) is 12.7. The highest BCUT2D eigenvalue weighted by Gasteiger charge is 2.63. The van der Waals surface area contributed by atoms with Crippen molar-refractivity contribution in [3.8, 4) is 0 Å². The summed E-state index contributed by atoms with van der Waals surface area (Å²) in [5.41, 5.74) is 1.69. The number of nitrogens with zero attached hydrogens (tertiary/aromatic N) is 2. The van der Waals surface area contributed by atoms with Crippen LogP contribution in [0.25, 0.3) is 0 Å². The second-order valence-corrected chi connectivity index (χ2v) is 8.42. The number of hydrogen-bond donors (Lipinski definition) is 0. The second-order valence-electron chi connectivity index (χ2n) is 6.98. The Hall–Kier alpha value is -1.82. The van der Waals surface area contributed by atoms with Crippen molar-refractivity contribution in [1.82, 2.24) is 4.90 Å². The van der Waals surface area contributed by atoms with Crippen molar-refractivity contribution in [3.63, 3.8) is 0 Å². The van der Waals surface area contributed by atoms with Crippen molar-refractivity contribution in [2.75, 3.05) is 16.5 Å². The number of hydrogen-bond acceptors (Lipinski definition) is 4. The topological polar surface area (TPSA) is 40.6 Å². The van der Waals surface area contributed by atoms with Crippen LogP contribution in [0.4, 0.5) is 5.69 Å². The molecule has 4 unspecified atom stereocenters. The molecule has 2 aromatic rings. The number of imide groups is 1. The van der Waals surface area contributed by atoms with E-state index < -0.39 is 0 Å². The lowest BCUT2D eigenvalue weighted by Crippen LogP contribution is -2.40. The summed E-state index contributed by atoms with van der Waals surface area (Å²) < 4.78 is 0. The standard InChI is InChI=1S/C20H17ClN2O2S/c21-13-6-4-5-12(9-13)18-17-16(15-10-26-11-22(15)18)19(24)23(20(17)25)14-7-2-1-3-8-14/h1-9,15-18H,10-11H2. The van der Waals surface area contributed by atoms with Gasteiger partial charge in [-0.15, -0.1) is 11.8 Å². The van der Waals surface area contributed by atoms with Gasteiger partial charge in [0.15, 0.2) is 0 Å². The lowest BCUT2D eigenvalue weighted by Gasteiger charge is -2.28. The Bertz CT molecular complexity index is 890. The Morgan fingerprint density at radius 1 is 0.962 bits per heavy atom. The maximum Gasteiger partial charge on any atom is 0.239 e. The summed E-state index contributed by atoms with van der Waals surface area (Å²) in [7, 11) is 0. The third-order valence-corrected chi connectivity index (χ3v) is 6.96. The number of thioether (sulfide) groups is 1. The number of para-hydroxylation sites is 1. The van der Waals surface area contributed by atoms with Crippen LogP contribution >= 0.6 is 23.4 Å². The molecular weight excluding hydrogens is 368 g/mol. The third kappa shape index (κ3) is 2.27. The smallest absolute Gasteiger partial charge is 0.239 e. The summed E-state index contributed by atoms with van der Waals surface area (Å²) in [6, 6.07) is 17.0. The molecule has 26 heavy (non-hydrogen) atoms. The molecule has 5 rings (SSSR count). The number of carbonyl (C=O) groups excluding carboxylic acids is 2. The van der Waals surface area contributed by atoms with Gasteiger partial charge in [-0.25, -0.2) is 4.90 Å². The molecule has 2 aromatic carbocycles. The summed E-state index contributed by atoms with van der Waals surface area (Å²) in [6.07, 6.45) is 0. The van der Waals surface area contributed by atoms with Crippen LogP contribution in [0, 0.1) is 11.8 Å². The fourth-order valence-corrected chi connectivity index (χ4v) is 6.15. The number of amides is 2. The minimum Gasteiger partial charge on any atom is -0.282 e. The van der Waals surface area contributed by atoms with Crippen molar-refractivity contribution in [1.29, 1.82) is 0 Å². The first-order valence-corrected chi connectivity index (χ1v) is 10.2. The van der Waals surface area contributed by atoms with Gasteiger partial charge >= 0.3 is 0 Å². The van der Waals surface area contributed by atoms with Crippen molar-refractivity contribution in [2.24, 2.45) is 11.8 Å². The molecular formula is C20H17ClN2O2S. The third-order valence-electron chi connectivity index (χ3n) is 5.67. The zero-order valence-electron chi connectivity index (χ0n) is 13.9. The highest BCUT2D eigenvalue weighted by Crippen LogP contribution is 2.54. The zero-order chi connectivity index (χ0) is 17.8. The first kappa shape index (κ1) is 16.4. The summed E-state index contributed by atoms with van der Waals surface area (Å²) in [5, 5.41) is 0.658. The molecule has 0 bridgehead atoms. The number of benzene rings is 2. The van der Waals surface area contributed by atoms with E-state index in [0.29, 0.717) is 10.7 Å². The molecule has 3 heterocycles. The summed E-state index contributed by atoms with van der Waals surface area (Å²) >= 11 is 8.04. The van der Waals surface area contributed by atoms with E-state index in [1.165, 1.54) is 4.90 Å². The van der Waals surface area contributed by atoms with E-state index >= 15 is 0 Å². The van der Waals surface area contributed by atoms with E-state index in [9.17, 15) is 9.59 Å². The van der Waals surface area contributed by atoms with Crippen molar-refractivity contribution in [3.05, 3.63) is 65.2 Å². The molecule has 6 heteroatoms. The summed E-state index contributed by atoms with van der Waals surface area (Å²) in [5.74, 6) is 0.971. The van der Waals surface area contributed by atoms with E-state index in [0.717, 1.165) is 17.2 Å². The molecule has 0 radical (unpaired) electrons. The van der Waals surface area contributed by atoms with Crippen LogP contribution in [-0.4, -0.2) is 34.4 Å². The molecule has 0 aromatic heterocycles. The minimum absolute atomic E-state index is 0.0618. The molecule has 0 spiro atoms. The lowest BCUT2D eigenvalue weighted by molar-refractivity contribution is -0.123. The molecule has 0 N–H and O–H groups in total. The lowest BCUT2D eigenvalue weighted by atomic mass is 9.87. The molecule has 4 atom stereocenters. The van der Waals surface area contributed by atoms with E-state index in [1.54, 1.807) is 0 Å². The van der Waals surface area contributed by atoms with Gasteiger partial charge in [-0.3, -0.25) is 14.5 Å². The summed E-state index contributed by atoms with van der Waals surface area (Å²) in [4.78, 5) is 30.3. The molecule has 3 aliphatic rings. The van der Waals surface area contributed by atoms with Gasteiger partial charge in [0.1, 0.15) is 0 Å². The van der Waals surface area contributed by atoms with Gasteiger partial charge in [0.2, 0.25) is 11.8 Å². The number of rotatable bonds is 2. The Morgan fingerprint density at radius 3 is 2.50 bits per heavy atom. The monoisotopic (exact) mass is 384 g/mol. The van der Waals surface area contributed by atoms with Crippen LogP contribution in [-0.2, 0) is 9.59 Å². The molecule has 3 aliphatic heterocycles. The van der Waals surface area contributed by atoms with Gasteiger partial charge < -0.3 is 0 Å². The fraction of sp³-hybridized carbons (Fsp3) is 0.300. The number of fused-ring (bicyclic) bond motifs is 3. The van der Waals surface area contributed by atoms with Gasteiger partial charge in [0, 0.05) is 28.7 Å². The van der Waals surface area contributed by atoms with Crippen molar-refractivity contribution in [2.45, 2.75) is 12.1 Å². The van der Waals surface area contributed by atoms with E-state index in [2.05, 4.69) is 4.90 Å². The predicted octanol–water partition coefficient (Wildman–Crippen LogP) is 3.58. The van der Waals surface area contributed by atoms with Crippen molar-refractivity contribution >= 4 is 40.9 Å². The molecule has 2 amide bonds. The van der Waals surface area contributed by atoms with Gasteiger partial charge in [0.25, 0.3) is 0 Å². The fourth-order valence-electron chi connectivity index (χ4n) is 4.64. The van der Waals surface area contributed by atoms with Crippen molar-refractivity contribution < 1.29 is 9.59 Å². The highest BCUT2D eigenvalue weighted by atomic mass is 35.5. The van der Waals surface area contributed by atoms with Gasteiger partial charge in [0.05, 0.1) is 17.5 Å². The number of halogens is 1. The average Bonchev–Trinajstić information content (AvgIpc) is 3.28. The molecule has 132 valence electrons. The van der Waals surface area contributed by atoms with Gasteiger partial charge in [-0.2, -0.15) is 0 Å². The van der Waals surface area contributed by atoms with Crippen LogP contribution in [0.15, 0.2) is 54.6 Å². The van der Waals surface area contributed by atoms with Gasteiger partial charge in [-0.05, 0) is 29.8 Å². The minimum atomic E-state index is -0.341. The molecule has 0 aliphatic carbocycles. The maximum absolute atomic E-state index is 13.3. The Balaban J connectivity index is 1.60. The number of anilines is 1. The van der Waals surface area contributed by atoms with Crippen LogP contribution in [0.5, 0.6) is 0 Å². The maximum atomic E-state index is 13.3. The van der Waals surface area contributed by atoms with Crippen LogP contribution < -0.4 is 4.90 Å². The Kier molecular flexibility index (Phi) is 3.85. The average molecular weight is 385 g/mol.